The monoisotopic (exact) mass is 412 g/mol. The van der Waals surface area contributed by atoms with Crippen LogP contribution in [0.15, 0.2) is 47.6 Å². The molecule has 3 aliphatic rings. The Morgan fingerprint density at radius 2 is 1.73 bits per heavy atom. The second-order valence-corrected chi connectivity index (χ2v) is 11.1. The quantitative estimate of drug-likeness (QED) is 0.378. The summed E-state index contributed by atoms with van der Waals surface area (Å²) in [6.07, 6.45) is 17.2. The highest BCUT2D eigenvalue weighted by molar-refractivity contribution is 5.37. The van der Waals surface area contributed by atoms with Crippen LogP contribution in [0.2, 0.25) is 0 Å². The molecule has 3 saturated carbocycles. The highest BCUT2D eigenvalue weighted by atomic mass is 16.5. The van der Waals surface area contributed by atoms with E-state index in [0.29, 0.717) is 48.3 Å². The largest absolute Gasteiger partial charge is 0.365 e. The zero-order chi connectivity index (χ0) is 22.1. The van der Waals surface area contributed by atoms with Gasteiger partial charge in [-0.05, 0) is 79.1 Å². The van der Waals surface area contributed by atoms with Crippen molar-refractivity contribution in [2.75, 3.05) is 0 Å². The van der Waals surface area contributed by atoms with Crippen molar-refractivity contribution in [2.45, 2.75) is 91.8 Å². The van der Waals surface area contributed by atoms with Crippen LogP contribution >= 0.6 is 0 Å². The molecule has 0 radical (unpaired) electrons. The maximum Gasteiger partial charge on any atom is 0.166 e. The Kier molecular flexibility index (Phi) is 7.19. The van der Waals surface area contributed by atoms with E-state index in [1.807, 2.05) is 0 Å². The minimum atomic E-state index is -1.57. The molecule has 3 rings (SSSR count). The van der Waals surface area contributed by atoms with E-state index in [0.717, 1.165) is 17.1 Å². The Morgan fingerprint density at radius 3 is 2.43 bits per heavy atom. The summed E-state index contributed by atoms with van der Waals surface area (Å²) in [5, 5.41) is 20.1. The van der Waals surface area contributed by atoms with Crippen LogP contribution in [-0.2, 0) is 0 Å². The fraction of sp³-hybridized carbons (Fsp3) is 0.714. The van der Waals surface area contributed by atoms with Gasteiger partial charge in [-0.25, -0.2) is 0 Å². The van der Waals surface area contributed by atoms with Crippen molar-refractivity contribution < 1.29 is 10.2 Å². The van der Waals surface area contributed by atoms with E-state index in [1.54, 1.807) is 5.57 Å². The third-order valence-corrected chi connectivity index (χ3v) is 8.70. The summed E-state index contributed by atoms with van der Waals surface area (Å²) in [4.78, 5) is 0. The van der Waals surface area contributed by atoms with E-state index in [4.69, 9.17) is 0 Å². The second kappa shape index (κ2) is 9.17. The Balaban J connectivity index is 1.76. The van der Waals surface area contributed by atoms with E-state index in [1.165, 1.54) is 32.1 Å². The molecular weight excluding hydrogens is 368 g/mol. The van der Waals surface area contributed by atoms with Crippen molar-refractivity contribution in [1.29, 1.82) is 0 Å². The minimum absolute atomic E-state index is 0.302. The highest BCUT2D eigenvalue weighted by Gasteiger charge is 2.50. The number of allylic oxidation sites excluding steroid dienone is 6. The van der Waals surface area contributed by atoms with Gasteiger partial charge in [0.1, 0.15) is 0 Å². The second-order valence-electron chi connectivity index (χ2n) is 11.1. The molecule has 0 heterocycles. The van der Waals surface area contributed by atoms with Gasteiger partial charge in [0, 0.05) is 12.8 Å². The standard InChI is InChI=1S/C28H44O2/c1-19(2)20(3)9-10-22(5)25-13-14-26-23(8-7-16-27(25,26)6)11-12-24-18-28(29,30)17-15-21(24)4/h9-12,19-20,22,25-26,29-30H,4,7-8,13-18H2,1-3,5-6H3/b10-9+,23-11?,24-12?/t20-,22-,25-,26?,27-/m1/s1. The molecule has 3 fully saturated rings. The van der Waals surface area contributed by atoms with Gasteiger partial charge in [-0.2, -0.15) is 0 Å². The van der Waals surface area contributed by atoms with E-state index < -0.39 is 5.79 Å². The van der Waals surface area contributed by atoms with Gasteiger partial charge >= 0.3 is 0 Å². The first kappa shape index (κ1) is 23.5. The number of hydrogen-bond donors (Lipinski definition) is 2. The molecule has 168 valence electrons. The third kappa shape index (κ3) is 5.02. The van der Waals surface area contributed by atoms with Crippen molar-refractivity contribution >= 4 is 0 Å². The van der Waals surface area contributed by atoms with Gasteiger partial charge in [-0.15, -0.1) is 0 Å². The van der Waals surface area contributed by atoms with Gasteiger partial charge in [0.15, 0.2) is 5.79 Å². The average molecular weight is 413 g/mol. The normalized spacial score (nSPS) is 36.6. The summed E-state index contributed by atoms with van der Waals surface area (Å²) in [6, 6.07) is 0. The van der Waals surface area contributed by atoms with E-state index in [-0.39, 0.29) is 0 Å². The smallest absolute Gasteiger partial charge is 0.166 e. The molecule has 3 aliphatic carbocycles. The number of rotatable bonds is 5. The van der Waals surface area contributed by atoms with Crippen molar-refractivity contribution in [2.24, 2.45) is 35.0 Å². The molecule has 5 atom stereocenters. The molecular formula is C28H44O2. The SMILES string of the molecule is C=C1CCC(O)(O)CC1=CC=C1CCC[C@@]2(C)C1CC[C@@H]2[C@H](C)/C=C/[C@@H](C)C(C)C. The molecule has 1 unspecified atom stereocenters. The molecule has 0 aliphatic heterocycles. The van der Waals surface area contributed by atoms with E-state index >= 15 is 0 Å². The molecule has 0 saturated heterocycles. The van der Waals surface area contributed by atoms with Gasteiger partial charge in [0.2, 0.25) is 0 Å². The molecule has 0 aromatic heterocycles. The van der Waals surface area contributed by atoms with Crippen molar-refractivity contribution in [3.8, 4) is 0 Å². The van der Waals surface area contributed by atoms with Gasteiger partial charge in [0.25, 0.3) is 0 Å². The van der Waals surface area contributed by atoms with Gasteiger partial charge in [-0.3, -0.25) is 0 Å². The Bertz CT molecular complexity index is 723. The maximum absolute atomic E-state index is 10.1. The number of hydrogen-bond acceptors (Lipinski definition) is 2. The fourth-order valence-corrected chi connectivity index (χ4v) is 6.26. The van der Waals surface area contributed by atoms with Crippen LogP contribution in [0.3, 0.4) is 0 Å². The first-order valence-electron chi connectivity index (χ1n) is 12.2. The summed E-state index contributed by atoms with van der Waals surface area (Å²) in [5.74, 6) is 1.81. The number of fused-ring (bicyclic) bond motifs is 1. The minimum Gasteiger partial charge on any atom is -0.365 e. The van der Waals surface area contributed by atoms with Crippen LogP contribution in [-0.4, -0.2) is 16.0 Å². The molecule has 0 amide bonds. The van der Waals surface area contributed by atoms with Crippen molar-refractivity contribution in [1.82, 2.24) is 0 Å². The molecule has 2 N–H and O–H groups in total. The topological polar surface area (TPSA) is 40.5 Å². The van der Waals surface area contributed by atoms with Crippen LogP contribution in [0.25, 0.3) is 0 Å². The third-order valence-electron chi connectivity index (χ3n) is 8.70. The van der Waals surface area contributed by atoms with Crippen molar-refractivity contribution in [3.63, 3.8) is 0 Å². The summed E-state index contributed by atoms with van der Waals surface area (Å²) in [7, 11) is 0. The first-order chi connectivity index (χ1) is 14.0. The van der Waals surface area contributed by atoms with Crippen molar-refractivity contribution in [3.05, 3.63) is 47.6 Å². The predicted molar refractivity (Wildman–Crippen MR) is 127 cm³/mol. The van der Waals surface area contributed by atoms with Crippen LogP contribution in [0.4, 0.5) is 0 Å². The Labute approximate surface area is 184 Å². The summed E-state index contributed by atoms with van der Waals surface area (Å²) >= 11 is 0. The predicted octanol–water partition coefficient (Wildman–Crippen LogP) is 6.96. The average Bonchev–Trinajstić information content (AvgIpc) is 3.04. The molecule has 2 heteroatoms. The van der Waals surface area contributed by atoms with E-state index in [2.05, 4.69) is 65.5 Å². The van der Waals surface area contributed by atoms with Crippen LogP contribution in [0.5, 0.6) is 0 Å². The molecule has 0 bridgehead atoms. The molecule has 0 aromatic carbocycles. The number of aliphatic hydroxyl groups is 2. The molecule has 2 nitrogen and oxygen atoms in total. The summed E-state index contributed by atoms with van der Waals surface area (Å²) < 4.78 is 0. The Hall–Kier alpha value is -1.12. The lowest BCUT2D eigenvalue weighted by molar-refractivity contribution is -0.166. The Morgan fingerprint density at radius 1 is 1.00 bits per heavy atom. The lowest BCUT2D eigenvalue weighted by Crippen LogP contribution is -2.35. The first-order valence-corrected chi connectivity index (χ1v) is 12.2. The lowest BCUT2D eigenvalue weighted by atomic mass is 9.61. The van der Waals surface area contributed by atoms with Crippen LogP contribution in [0, 0.1) is 35.0 Å². The molecule has 0 spiro atoms. The molecule has 0 aromatic rings. The zero-order valence-corrected chi connectivity index (χ0v) is 20.0. The fourth-order valence-electron chi connectivity index (χ4n) is 6.26. The van der Waals surface area contributed by atoms with Gasteiger partial charge < -0.3 is 10.2 Å². The maximum atomic E-state index is 10.1. The highest BCUT2D eigenvalue weighted by Crippen LogP contribution is 2.59. The van der Waals surface area contributed by atoms with Gasteiger partial charge in [0.05, 0.1) is 0 Å². The van der Waals surface area contributed by atoms with E-state index in [9.17, 15) is 10.2 Å². The van der Waals surface area contributed by atoms with Crippen LogP contribution in [0.1, 0.15) is 86.0 Å². The molecule has 30 heavy (non-hydrogen) atoms. The zero-order valence-electron chi connectivity index (χ0n) is 20.0. The van der Waals surface area contributed by atoms with Crippen LogP contribution < -0.4 is 0 Å². The summed E-state index contributed by atoms with van der Waals surface area (Å²) in [6.45, 7) is 16.1. The van der Waals surface area contributed by atoms with Gasteiger partial charge in [-0.1, -0.05) is 76.6 Å². The lowest BCUT2D eigenvalue weighted by Gasteiger charge is -2.44. The summed E-state index contributed by atoms with van der Waals surface area (Å²) in [5.41, 5.74) is 4.03.